The van der Waals surface area contributed by atoms with Crippen LogP contribution in [0.3, 0.4) is 0 Å². The number of carbonyl (C=O) groups is 3. The van der Waals surface area contributed by atoms with Crippen LogP contribution in [0.5, 0.6) is 0 Å². The molecule has 3 unspecified atom stereocenters. The quantitative estimate of drug-likeness (QED) is 0.603. The monoisotopic (exact) mass is 294 g/mol. The van der Waals surface area contributed by atoms with E-state index in [-0.39, 0.29) is 24.4 Å². The molecule has 3 heterocycles. The maximum atomic E-state index is 12.6. The van der Waals surface area contributed by atoms with Crippen molar-refractivity contribution in [3.8, 4) is 0 Å². The minimum absolute atomic E-state index is 0.0546. The van der Waals surface area contributed by atoms with Gasteiger partial charge in [-0.2, -0.15) is 0 Å². The molecule has 3 atom stereocenters. The summed E-state index contributed by atoms with van der Waals surface area (Å²) in [4.78, 5) is 37.5. The zero-order chi connectivity index (χ0) is 15.0. The highest BCUT2D eigenvalue weighted by Gasteiger charge is 2.52. The first-order valence-corrected chi connectivity index (χ1v) is 7.70. The predicted octanol–water partition coefficient (Wildman–Crippen LogP) is -0.425. The number of imide groups is 1. The number of piperidine rings is 1. The lowest BCUT2D eigenvalue weighted by Gasteiger charge is -2.32. The lowest BCUT2D eigenvalue weighted by molar-refractivity contribution is -0.134. The summed E-state index contributed by atoms with van der Waals surface area (Å²) in [5, 5.41) is 8.21. The highest BCUT2D eigenvalue weighted by atomic mass is 16.2. The summed E-state index contributed by atoms with van der Waals surface area (Å²) in [5.74, 6) is 0.330. The molecule has 1 spiro atoms. The number of nitrogens with zero attached hydrogens (tertiary/aromatic N) is 1. The van der Waals surface area contributed by atoms with Crippen LogP contribution in [0.15, 0.2) is 0 Å². The summed E-state index contributed by atoms with van der Waals surface area (Å²) in [7, 11) is 0. The first kappa shape index (κ1) is 14.3. The topological polar surface area (TPSA) is 90.5 Å². The molecule has 7 nitrogen and oxygen atoms in total. The van der Waals surface area contributed by atoms with Crippen molar-refractivity contribution in [2.75, 3.05) is 19.6 Å². The average Bonchev–Trinajstić information content (AvgIpc) is 3.03. The fraction of sp³-hybridized carbons (Fsp3) is 0.786. The average molecular weight is 294 g/mol. The van der Waals surface area contributed by atoms with Crippen LogP contribution in [0.4, 0.5) is 4.79 Å². The van der Waals surface area contributed by atoms with E-state index >= 15 is 0 Å². The van der Waals surface area contributed by atoms with Crippen LogP contribution in [0.1, 0.15) is 32.6 Å². The standard InChI is InChI=1S/C14H22N4O3/c1-2-9-3-5-15-10(7-9)11(19)18-6-4-14(8-18)12(20)16-13(21)17-14/h9-10,15H,2-8H2,1H3,(H2,16,17,20,21). The Labute approximate surface area is 123 Å². The molecule has 0 saturated carbocycles. The molecule has 7 heteroatoms. The van der Waals surface area contributed by atoms with Crippen molar-refractivity contribution in [1.29, 1.82) is 0 Å². The van der Waals surface area contributed by atoms with Crippen molar-refractivity contribution in [1.82, 2.24) is 20.9 Å². The summed E-state index contributed by atoms with van der Waals surface area (Å²) in [5.41, 5.74) is -0.911. The van der Waals surface area contributed by atoms with E-state index in [0.717, 1.165) is 25.8 Å². The highest BCUT2D eigenvalue weighted by molar-refractivity contribution is 6.07. The Morgan fingerprint density at radius 3 is 2.90 bits per heavy atom. The van der Waals surface area contributed by atoms with Gasteiger partial charge < -0.3 is 15.5 Å². The van der Waals surface area contributed by atoms with Gasteiger partial charge in [0.25, 0.3) is 5.91 Å². The van der Waals surface area contributed by atoms with Gasteiger partial charge in [0, 0.05) is 6.54 Å². The largest absolute Gasteiger partial charge is 0.338 e. The zero-order valence-corrected chi connectivity index (χ0v) is 12.3. The number of rotatable bonds is 2. The maximum absolute atomic E-state index is 12.6. The number of hydrogen-bond donors (Lipinski definition) is 3. The van der Waals surface area contributed by atoms with E-state index in [9.17, 15) is 14.4 Å². The van der Waals surface area contributed by atoms with Gasteiger partial charge >= 0.3 is 6.03 Å². The van der Waals surface area contributed by atoms with Crippen molar-refractivity contribution in [2.24, 2.45) is 5.92 Å². The van der Waals surface area contributed by atoms with Crippen molar-refractivity contribution in [3.63, 3.8) is 0 Å². The predicted molar refractivity (Wildman–Crippen MR) is 75.4 cm³/mol. The van der Waals surface area contributed by atoms with E-state index in [0.29, 0.717) is 18.9 Å². The Bertz CT molecular complexity index is 481. The Morgan fingerprint density at radius 2 is 2.24 bits per heavy atom. The van der Waals surface area contributed by atoms with Gasteiger partial charge in [-0.05, 0) is 31.7 Å². The summed E-state index contributed by atoms with van der Waals surface area (Å²) in [6.45, 7) is 3.81. The summed E-state index contributed by atoms with van der Waals surface area (Å²) in [6.07, 6.45) is 3.55. The minimum Gasteiger partial charge on any atom is -0.338 e. The molecular formula is C14H22N4O3. The molecule has 0 aromatic carbocycles. The van der Waals surface area contributed by atoms with Crippen molar-refractivity contribution in [2.45, 2.75) is 44.2 Å². The van der Waals surface area contributed by atoms with Crippen molar-refractivity contribution < 1.29 is 14.4 Å². The SMILES string of the molecule is CCC1CCNC(C(=O)N2CCC3(C2)NC(=O)NC3=O)C1. The van der Waals surface area contributed by atoms with Crippen LogP contribution in [-0.2, 0) is 9.59 Å². The second-order valence-electron chi connectivity index (χ2n) is 6.31. The lowest BCUT2D eigenvalue weighted by atomic mass is 9.90. The van der Waals surface area contributed by atoms with Crippen LogP contribution < -0.4 is 16.0 Å². The van der Waals surface area contributed by atoms with E-state index in [1.165, 1.54) is 0 Å². The Hall–Kier alpha value is -1.63. The van der Waals surface area contributed by atoms with Gasteiger partial charge in [-0.25, -0.2) is 4.79 Å². The number of carbonyl (C=O) groups excluding carboxylic acids is 3. The molecule has 21 heavy (non-hydrogen) atoms. The molecule has 0 aromatic heterocycles. The van der Waals surface area contributed by atoms with Gasteiger partial charge in [-0.15, -0.1) is 0 Å². The minimum atomic E-state index is -0.911. The number of amides is 4. The van der Waals surface area contributed by atoms with Crippen LogP contribution >= 0.6 is 0 Å². The Balaban J connectivity index is 1.64. The van der Waals surface area contributed by atoms with Crippen LogP contribution in [0.25, 0.3) is 0 Å². The molecule has 0 aromatic rings. The Kier molecular flexibility index (Phi) is 3.61. The van der Waals surface area contributed by atoms with Crippen LogP contribution in [0.2, 0.25) is 0 Å². The van der Waals surface area contributed by atoms with E-state index in [1.807, 2.05) is 0 Å². The maximum Gasteiger partial charge on any atom is 0.322 e. The van der Waals surface area contributed by atoms with Crippen molar-refractivity contribution in [3.05, 3.63) is 0 Å². The summed E-state index contributed by atoms with van der Waals surface area (Å²) >= 11 is 0. The third kappa shape index (κ3) is 2.50. The number of likely N-dealkylation sites (tertiary alicyclic amines) is 1. The molecule has 0 radical (unpaired) electrons. The fourth-order valence-corrected chi connectivity index (χ4v) is 3.59. The molecule has 4 amide bonds. The molecule has 3 saturated heterocycles. The number of urea groups is 1. The smallest absolute Gasteiger partial charge is 0.322 e. The number of nitrogens with one attached hydrogen (secondary N) is 3. The first-order chi connectivity index (χ1) is 10.0. The fourth-order valence-electron chi connectivity index (χ4n) is 3.59. The molecule has 3 rings (SSSR count). The van der Waals surface area contributed by atoms with E-state index < -0.39 is 11.6 Å². The van der Waals surface area contributed by atoms with E-state index in [2.05, 4.69) is 22.9 Å². The van der Waals surface area contributed by atoms with Gasteiger partial charge in [0.15, 0.2) is 0 Å². The molecule has 3 aliphatic rings. The van der Waals surface area contributed by atoms with Gasteiger partial charge in [0.2, 0.25) is 5.91 Å². The lowest BCUT2D eigenvalue weighted by Crippen LogP contribution is -2.53. The van der Waals surface area contributed by atoms with Gasteiger partial charge in [-0.3, -0.25) is 14.9 Å². The summed E-state index contributed by atoms with van der Waals surface area (Å²) in [6, 6.07) is -0.616. The normalized spacial score (nSPS) is 36.0. The van der Waals surface area contributed by atoms with Gasteiger partial charge in [0.1, 0.15) is 5.54 Å². The molecule has 3 fully saturated rings. The molecule has 0 aliphatic carbocycles. The molecular weight excluding hydrogens is 272 g/mol. The van der Waals surface area contributed by atoms with Gasteiger partial charge in [-0.1, -0.05) is 13.3 Å². The third-order valence-electron chi connectivity index (χ3n) is 4.98. The second-order valence-corrected chi connectivity index (χ2v) is 6.31. The van der Waals surface area contributed by atoms with Gasteiger partial charge in [0.05, 0.1) is 12.6 Å². The van der Waals surface area contributed by atoms with E-state index in [1.54, 1.807) is 4.90 Å². The van der Waals surface area contributed by atoms with Crippen molar-refractivity contribution >= 4 is 17.8 Å². The second kappa shape index (κ2) is 5.29. The third-order valence-corrected chi connectivity index (χ3v) is 4.98. The van der Waals surface area contributed by atoms with Crippen LogP contribution in [0, 0.1) is 5.92 Å². The molecule has 3 N–H and O–H groups in total. The Morgan fingerprint density at radius 1 is 1.43 bits per heavy atom. The van der Waals surface area contributed by atoms with Crippen LogP contribution in [-0.4, -0.2) is 54.0 Å². The summed E-state index contributed by atoms with van der Waals surface area (Å²) < 4.78 is 0. The van der Waals surface area contributed by atoms with E-state index in [4.69, 9.17) is 0 Å². The molecule has 116 valence electrons. The number of hydrogen-bond acceptors (Lipinski definition) is 4. The molecule has 0 bridgehead atoms. The highest BCUT2D eigenvalue weighted by Crippen LogP contribution is 2.27. The molecule has 3 aliphatic heterocycles. The zero-order valence-electron chi connectivity index (χ0n) is 12.3. The first-order valence-electron chi connectivity index (χ1n) is 7.70.